The zero-order valence-electron chi connectivity index (χ0n) is 15.8. The van der Waals surface area contributed by atoms with Gasteiger partial charge in [-0.15, -0.1) is 0 Å². The van der Waals surface area contributed by atoms with Gasteiger partial charge in [0.25, 0.3) is 5.91 Å². The number of halogens is 5. The van der Waals surface area contributed by atoms with E-state index < -0.39 is 37.5 Å². The molecule has 0 atom stereocenters. The summed E-state index contributed by atoms with van der Waals surface area (Å²) in [6.07, 6.45) is -4.52. The fourth-order valence-corrected chi connectivity index (χ4v) is 5.62. The molecule has 0 bridgehead atoms. The van der Waals surface area contributed by atoms with E-state index >= 15 is 0 Å². The van der Waals surface area contributed by atoms with Gasteiger partial charge in [0, 0.05) is 17.1 Å². The highest BCUT2D eigenvalue weighted by atomic mass is 35.5. The van der Waals surface area contributed by atoms with Crippen LogP contribution in [0.2, 0.25) is 5.02 Å². The van der Waals surface area contributed by atoms with E-state index in [9.17, 15) is 30.8 Å². The first kappa shape index (κ1) is 22.6. The molecule has 1 aliphatic rings. The zero-order valence-corrected chi connectivity index (χ0v) is 17.3. The Morgan fingerprint density at radius 1 is 1.17 bits per heavy atom. The fraction of sp³-hybridized carbons (Fsp3) is 0.350. The fourth-order valence-electron chi connectivity index (χ4n) is 3.39. The Morgan fingerprint density at radius 3 is 2.43 bits per heavy atom. The normalized spacial score (nSPS) is 19.3. The van der Waals surface area contributed by atoms with E-state index in [0.717, 1.165) is 0 Å². The molecule has 1 saturated carbocycles. The lowest BCUT2D eigenvalue weighted by Gasteiger charge is -2.35. The van der Waals surface area contributed by atoms with E-state index in [1.807, 2.05) is 0 Å². The maximum absolute atomic E-state index is 13.6. The smallest absolute Gasteiger partial charge is 0.352 e. The first-order valence-corrected chi connectivity index (χ1v) is 11.0. The Bertz CT molecular complexity index is 1080. The molecule has 1 amide bonds. The molecule has 0 aromatic heterocycles. The number of carbonyl (C=O) groups is 1. The average molecular weight is 464 g/mol. The number of amides is 1. The van der Waals surface area contributed by atoms with Gasteiger partial charge in [0.2, 0.25) is 0 Å². The standard InChI is InChI=1S/C20H18ClF4NO3S/c1-11-4-14(21)2-3-18(11)19(27)26-10-12-5-16(6-12)30(28,29)17-8-13(20(23,24)25)7-15(22)9-17/h2-4,7-9,12,16H,5-6,10H2,1H3,(H,26,27). The van der Waals surface area contributed by atoms with Gasteiger partial charge in [-0.1, -0.05) is 11.6 Å². The molecule has 0 radical (unpaired) electrons. The summed E-state index contributed by atoms with van der Waals surface area (Å²) in [5, 5.41) is 2.31. The van der Waals surface area contributed by atoms with Gasteiger partial charge >= 0.3 is 6.18 Å². The van der Waals surface area contributed by atoms with Crippen molar-refractivity contribution in [1.29, 1.82) is 0 Å². The average Bonchev–Trinajstić information content (AvgIpc) is 2.58. The third-order valence-electron chi connectivity index (χ3n) is 5.14. The number of aryl methyl sites for hydroxylation is 1. The highest BCUT2D eigenvalue weighted by Crippen LogP contribution is 2.38. The molecule has 162 valence electrons. The predicted molar refractivity (Wildman–Crippen MR) is 104 cm³/mol. The summed E-state index contributed by atoms with van der Waals surface area (Å²) >= 11 is 5.86. The summed E-state index contributed by atoms with van der Waals surface area (Å²) in [7, 11) is -4.11. The van der Waals surface area contributed by atoms with Gasteiger partial charge in [-0.05, 0) is 67.6 Å². The Balaban J connectivity index is 1.62. The van der Waals surface area contributed by atoms with Crippen molar-refractivity contribution in [2.24, 2.45) is 5.92 Å². The molecule has 4 nitrogen and oxygen atoms in total. The van der Waals surface area contributed by atoms with Crippen molar-refractivity contribution in [2.45, 2.75) is 36.1 Å². The minimum Gasteiger partial charge on any atom is -0.352 e. The zero-order chi connectivity index (χ0) is 22.3. The molecule has 1 N–H and O–H groups in total. The summed E-state index contributed by atoms with van der Waals surface area (Å²) < 4.78 is 77.3. The molecule has 0 saturated heterocycles. The number of sulfone groups is 1. The molecule has 0 spiro atoms. The first-order valence-electron chi connectivity index (χ1n) is 9.04. The highest BCUT2D eigenvalue weighted by molar-refractivity contribution is 7.92. The predicted octanol–water partition coefficient (Wildman–Crippen LogP) is 4.79. The van der Waals surface area contributed by atoms with Crippen molar-refractivity contribution in [3.63, 3.8) is 0 Å². The van der Waals surface area contributed by atoms with E-state index in [1.54, 1.807) is 25.1 Å². The lowest BCUT2D eigenvalue weighted by Crippen LogP contribution is -2.42. The number of alkyl halides is 3. The Kier molecular flexibility index (Phi) is 6.15. The third-order valence-corrected chi connectivity index (χ3v) is 7.53. The number of rotatable bonds is 5. The Labute approximate surface area is 176 Å². The second-order valence-electron chi connectivity index (χ2n) is 7.35. The van der Waals surface area contributed by atoms with Crippen LogP contribution >= 0.6 is 11.6 Å². The van der Waals surface area contributed by atoms with Crippen molar-refractivity contribution in [1.82, 2.24) is 5.32 Å². The second kappa shape index (κ2) is 8.19. The van der Waals surface area contributed by atoms with Crippen LogP contribution in [0.5, 0.6) is 0 Å². The third kappa shape index (κ3) is 4.78. The molecule has 1 fully saturated rings. The van der Waals surface area contributed by atoms with Gasteiger partial charge in [-0.25, -0.2) is 12.8 Å². The van der Waals surface area contributed by atoms with Gasteiger partial charge in [-0.3, -0.25) is 4.79 Å². The van der Waals surface area contributed by atoms with Gasteiger partial charge in [0.15, 0.2) is 9.84 Å². The quantitative estimate of drug-likeness (QED) is 0.648. The molecular weight excluding hydrogens is 446 g/mol. The van der Waals surface area contributed by atoms with E-state index in [1.165, 1.54) is 0 Å². The lowest BCUT2D eigenvalue weighted by atomic mass is 9.84. The summed E-state index contributed by atoms with van der Waals surface area (Å²) in [5.41, 5.74) is -0.203. The second-order valence-corrected chi connectivity index (χ2v) is 10.0. The van der Waals surface area contributed by atoms with Gasteiger partial charge < -0.3 is 5.32 Å². The maximum atomic E-state index is 13.6. The SMILES string of the molecule is Cc1cc(Cl)ccc1C(=O)NCC1CC(S(=O)(=O)c2cc(F)cc(C(F)(F)F)c2)C1. The van der Waals surface area contributed by atoms with Crippen LogP contribution in [0.4, 0.5) is 17.6 Å². The van der Waals surface area contributed by atoms with Gasteiger partial charge in [-0.2, -0.15) is 13.2 Å². The van der Waals surface area contributed by atoms with Crippen LogP contribution in [-0.2, 0) is 16.0 Å². The molecule has 10 heteroatoms. The summed E-state index contributed by atoms with van der Waals surface area (Å²) in [5.74, 6) is -1.72. The van der Waals surface area contributed by atoms with Crippen LogP contribution in [0, 0.1) is 18.7 Å². The molecule has 2 aromatic carbocycles. The van der Waals surface area contributed by atoms with Crippen LogP contribution in [0.3, 0.4) is 0 Å². The van der Waals surface area contributed by atoms with Crippen LogP contribution in [0.15, 0.2) is 41.3 Å². The maximum Gasteiger partial charge on any atom is 0.416 e. The molecule has 0 unspecified atom stereocenters. The number of nitrogens with one attached hydrogen (secondary N) is 1. The lowest BCUT2D eigenvalue weighted by molar-refractivity contribution is -0.137. The van der Waals surface area contributed by atoms with Crippen LogP contribution < -0.4 is 5.32 Å². The van der Waals surface area contributed by atoms with Gasteiger partial charge in [0.1, 0.15) is 5.82 Å². The minimum atomic E-state index is -4.85. The number of benzene rings is 2. The molecule has 3 rings (SSSR count). The topological polar surface area (TPSA) is 63.2 Å². The number of hydrogen-bond donors (Lipinski definition) is 1. The van der Waals surface area contributed by atoms with Crippen molar-refractivity contribution >= 4 is 27.3 Å². The largest absolute Gasteiger partial charge is 0.416 e. The minimum absolute atomic E-state index is 0.142. The molecule has 0 aliphatic heterocycles. The monoisotopic (exact) mass is 463 g/mol. The van der Waals surface area contributed by atoms with Gasteiger partial charge in [0.05, 0.1) is 15.7 Å². The highest BCUT2D eigenvalue weighted by Gasteiger charge is 2.41. The van der Waals surface area contributed by atoms with E-state index in [0.29, 0.717) is 28.3 Å². The van der Waals surface area contributed by atoms with Crippen molar-refractivity contribution in [2.75, 3.05) is 6.54 Å². The van der Waals surface area contributed by atoms with E-state index in [2.05, 4.69) is 5.32 Å². The number of hydrogen-bond acceptors (Lipinski definition) is 3. The Morgan fingerprint density at radius 2 is 1.83 bits per heavy atom. The van der Waals surface area contributed by atoms with Crippen molar-refractivity contribution < 1.29 is 30.8 Å². The van der Waals surface area contributed by atoms with E-state index in [4.69, 9.17) is 11.6 Å². The first-order chi connectivity index (χ1) is 13.9. The molecule has 0 heterocycles. The Hall–Kier alpha value is -2.13. The summed E-state index contributed by atoms with van der Waals surface area (Å²) in [6, 6.07) is 6.14. The summed E-state index contributed by atoms with van der Waals surface area (Å²) in [4.78, 5) is 11.6. The van der Waals surface area contributed by atoms with Crippen LogP contribution in [0.1, 0.15) is 34.3 Å². The molecule has 2 aromatic rings. The van der Waals surface area contributed by atoms with Crippen molar-refractivity contribution in [3.05, 3.63) is 63.9 Å². The summed E-state index contributed by atoms with van der Waals surface area (Å²) in [6.45, 7) is 1.96. The molecular formula is C20H18ClF4NO3S. The van der Waals surface area contributed by atoms with Crippen molar-refractivity contribution in [3.8, 4) is 0 Å². The van der Waals surface area contributed by atoms with E-state index in [-0.39, 0.29) is 37.3 Å². The van der Waals surface area contributed by atoms with Crippen LogP contribution in [0.25, 0.3) is 0 Å². The molecule has 30 heavy (non-hydrogen) atoms. The molecule has 1 aliphatic carbocycles. The number of carbonyl (C=O) groups excluding carboxylic acids is 1. The van der Waals surface area contributed by atoms with Crippen LogP contribution in [-0.4, -0.2) is 26.1 Å².